The summed E-state index contributed by atoms with van der Waals surface area (Å²) >= 11 is 0. The van der Waals surface area contributed by atoms with Gasteiger partial charge in [-0.1, -0.05) is 19.3 Å². The second-order valence-electron chi connectivity index (χ2n) is 9.20. The van der Waals surface area contributed by atoms with Crippen molar-refractivity contribution < 1.29 is 23.5 Å². The fourth-order valence-electron chi connectivity index (χ4n) is 4.85. The van der Waals surface area contributed by atoms with Gasteiger partial charge in [-0.25, -0.2) is 4.39 Å². The van der Waals surface area contributed by atoms with Crippen LogP contribution in [0.2, 0.25) is 0 Å². The van der Waals surface area contributed by atoms with E-state index in [1.165, 1.54) is 36.3 Å². The summed E-state index contributed by atoms with van der Waals surface area (Å²) in [6, 6.07) is 11.8. The Bertz CT molecular complexity index is 1170. The number of hydrogen-bond donors (Lipinski definition) is 2. The van der Waals surface area contributed by atoms with Crippen LogP contribution in [-0.4, -0.2) is 35.5 Å². The van der Waals surface area contributed by atoms with E-state index < -0.39 is 5.97 Å². The molecule has 7 heteroatoms. The lowest BCUT2D eigenvalue weighted by Gasteiger charge is -2.31. The molecule has 34 heavy (non-hydrogen) atoms. The number of nitrogens with one attached hydrogen (secondary N) is 1. The number of benzene rings is 2. The van der Waals surface area contributed by atoms with Gasteiger partial charge in [0.05, 0.1) is 12.5 Å². The molecular weight excluding hydrogens is 435 g/mol. The molecule has 1 saturated carbocycles. The molecule has 0 bridgehead atoms. The van der Waals surface area contributed by atoms with Crippen LogP contribution in [-0.2, 0) is 4.79 Å². The summed E-state index contributed by atoms with van der Waals surface area (Å²) in [7, 11) is 1.60. The van der Waals surface area contributed by atoms with Crippen LogP contribution >= 0.6 is 0 Å². The molecular formula is C27H31FN2O4. The van der Waals surface area contributed by atoms with Crippen LogP contribution in [0.15, 0.2) is 46.9 Å². The second kappa shape index (κ2) is 10.3. The predicted molar refractivity (Wildman–Crippen MR) is 130 cm³/mol. The smallest absolute Gasteiger partial charge is 0.305 e. The van der Waals surface area contributed by atoms with E-state index in [1.54, 1.807) is 25.2 Å². The van der Waals surface area contributed by atoms with Gasteiger partial charge >= 0.3 is 5.97 Å². The van der Waals surface area contributed by atoms with Gasteiger partial charge in [0, 0.05) is 41.9 Å². The molecule has 1 aromatic heterocycles. The molecule has 4 rings (SSSR count). The van der Waals surface area contributed by atoms with Crippen LogP contribution in [0.25, 0.3) is 11.0 Å². The number of amides is 1. The van der Waals surface area contributed by atoms with Gasteiger partial charge in [0.25, 0.3) is 5.91 Å². The van der Waals surface area contributed by atoms with E-state index in [0.29, 0.717) is 17.1 Å². The highest BCUT2D eigenvalue weighted by atomic mass is 19.1. The standard InChI is InChI=1S/C27H31FN2O4/c1-17-22-13-10-20(28)16-23(22)34-26(17)25(18-6-4-3-5-7-18)29-21-11-8-19(9-12-21)27(33)30(2)15-14-24(31)32/h8-13,16,18,25,29H,3-7,14-15H2,1-2H3,(H,31,32). The van der Waals surface area contributed by atoms with Crippen molar-refractivity contribution in [2.75, 3.05) is 18.9 Å². The molecule has 3 aromatic rings. The number of aliphatic carboxylic acids is 1. The zero-order valence-corrected chi connectivity index (χ0v) is 19.6. The first-order valence-electron chi connectivity index (χ1n) is 11.9. The van der Waals surface area contributed by atoms with Crippen LogP contribution in [0.4, 0.5) is 10.1 Å². The summed E-state index contributed by atoms with van der Waals surface area (Å²) in [5.74, 6) is -0.241. The van der Waals surface area contributed by atoms with Crippen LogP contribution in [0, 0.1) is 18.7 Å². The molecule has 1 atom stereocenters. The Morgan fingerprint density at radius 1 is 1.15 bits per heavy atom. The number of furan rings is 1. The minimum absolute atomic E-state index is 0.0597. The van der Waals surface area contributed by atoms with E-state index in [-0.39, 0.29) is 30.7 Å². The number of carbonyl (C=O) groups is 2. The number of rotatable bonds is 8. The van der Waals surface area contributed by atoms with Gasteiger partial charge < -0.3 is 19.7 Å². The average Bonchev–Trinajstić information content (AvgIpc) is 3.16. The highest BCUT2D eigenvalue weighted by Gasteiger charge is 2.30. The maximum absolute atomic E-state index is 13.8. The van der Waals surface area contributed by atoms with Crippen molar-refractivity contribution in [3.63, 3.8) is 0 Å². The molecule has 0 aliphatic heterocycles. The lowest BCUT2D eigenvalue weighted by Crippen LogP contribution is -2.29. The molecule has 1 fully saturated rings. The van der Waals surface area contributed by atoms with Gasteiger partial charge in [-0.2, -0.15) is 0 Å². The summed E-state index contributed by atoms with van der Waals surface area (Å²) in [5.41, 5.74) is 2.94. The number of carboxylic acid groups (broad SMARTS) is 1. The van der Waals surface area contributed by atoms with Crippen molar-refractivity contribution in [3.05, 3.63) is 65.2 Å². The fourth-order valence-corrected chi connectivity index (χ4v) is 4.85. The van der Waals surface area contributed by atoms with E-state index in [2.05, 4.69) is 5.32 Å². The van der Waals surface area contributed by atoms with Crippen molar-refractivity contribution >= 4 is 28.5 Å². The third kappa shape index (κ3) is 5.24. The van der Waals surface area contributed by atoms with Crippen molar-refractivity contribution in [3.8, 4) is 0 Å². The number of nitrogens with zero attached hydrogens (tertiary/aromatic N) is 1. The molecule has 1 aliphatic rings. The first-order valence-corrected chi connectivity index (χ1v) is 11.9. The maximum atomic E-state index is 13.8. The van der Waals surface area contributed by atoms with Gasteiger partial charge in [-0.15, -0.1) is 0 Å². The Balaban J connectivity index is 1.57. The minimum atomic E-state index is -0.934. The number of anilines is 1. The number of aryl methyl sites for hydroxylation is 1. The Morgan fingerprint density at radius 3 is 2.53 bits per heavy atom. The summed E-state index contributed by atoms with van der Waals surface area (Å²) in [6.45, 7) is 2.18. The molecule has 1 amide bonds. The summed E-state index contributed by atoms with van der Waals surface area (Å²) < 4.78 is 20.0. The van der Waals surface area contributed by atoms with E-state index in [9.17, 15) is 14.0 Å². The van der Waals surface area contributed by atoms with E-state index in [1.807, 2.05) is 19.1 Å². The normalized spacial score (nSPS) is 15.3. The van der Waals surface area contributed by atoms with Gasteiger partial charge in [0.1, 0.15) is 17.2 Å². The van der Waals surface area contributed by atoms with E-state index in [0.717, 1.165) is 35.2 Å². The molecule has 1 unspecified atom stereocenters. The third-order valence-electron chi connectivity index (χ3n) is 6.80. The lowest BCUT2D eigenvalue weighted by molar-refractivity contribution is -0.137. The molecule has 2 N–H and O–H groups in total. The maximum Gasteiger partial charge on any atom is 0.305 e. The largest absolute Gasteiger partial charge is 0.481 e. The van der Waals surface area contributed by atoms with Crippen molar-refractivity contribution in [2.45, 2.75) is 51.5 Å². The lowest BCUT2D eigenvalue weighted by atomic mass is 9.82. The SMILES string of the molecule is Cc1c(C(Nc2ccc(C(=O)N(C)CCC(=O)O)cc2)C2CCCCC2)oc2cc(F)ccc12. The second-order valence-corrected chi connectivity index (χ2v) is 9.20. The Morgan fingerprint density at radius 2 is 1.85 bits per heavy atom. The number of carbonyl (C=O) groups excluding carboxylic acids is 1. The molecule has 6 nitrogen and oxygen atoms in total. The Labute approximate surface area is 198 Å². The zero-order chi connectivity index (χ0) is 24.2. The van der Waals surface area contributed by atoms with Gasteiger partial charge in [0.15, 0.2) is 0 Å². The molecule has 180 valence electrons. The Kier molecular flexibility index (Phi) is 7.20. The zero-order valence-electron chi connectivity index (χ0n) is 19.6. The topological polar surface area (TPSA) is 82.8 Å². The summed E-state index contributed by atoms with van der Waals surface area (Å²) in [4.78, 5) is 24.8. The first kappa shape index (κ1) is 23.8. The predicted octanol–water partition coefficient (Wildman–Crippen LogP) is 6.16. The number of carboxylic acids is 1. The molecule has 0 radical (unpaired) electrons. The number of hydrogen-bond acceptors (Lipinski definition) is 4. The highest BCUT2D eigenvalue weighted by Crippen LogP contribution is 2.41. The molecule has 2 aromatic carbocycles. The minimum Gasteiger partial charge on any atom is -0.481 e. The number of fused-ring (bicyclic) bond motifs is 1. The third-order valence-corrected chi connectivity index (χ3v) is 6.80. The monoisotopic (exact) mass is 466 g/mol. The van der Waals surface area contributed by atoms with Crippen LogP contribution < -0.4 is 5.32 Å². The number of halogens is 1. The quantitative estimate of drug-likeness (QED) is 0.415. The van der Waals surface area contributed by atoms with Gasteiger partial charge in [-0.3, -0.25) is 9.59 Å². The molecule has 0 spiro atoms. The van der Waals surface area contributed by atoms with Crippen LogP contribution in [0.3, 0.4) is 0 Å². The van der Waals surface area contributed by atoms with Crippen molar-refractivity contribution in [1.82, 2.24) is 4.90 Å². The first-order chi connectivity index (χ1) is 16.3. The van der Waals surface area contributed by atoms with Gasteiger partial charge in [-0.05, 0) is 62.1 Å². The van der Waals surface area contributed by atoms with Crippen molar-refractivity contribution in [2.24, 2.45) is 5.92 Å². The van der Waals surface area contributed by atoms with E-state index in [4.69, 9.17) is 9.52 Å². The Hall–Kier alpha value is -3.35. The van der Waals surface area contributed by atoms with Crippen LogP contribution in [0.1, 0.15) is 66.2 Å². The average molecular weight is 467 g/mol. The summed E-state index contributed by atoms with van der Waals surface area (Å²) in [5, 5.41) is 13.4. The molecule has 1 aliphatic carbocycles. The highest BCUT2D eigenvalue weighted by molar-refractivity contribution is 5.94. The van der Waals surface area contributed by atoms with Crippen molar-refractivity contribution in [1.29, 1.82) is 0 Å². The van der Waals surface area contributed by atoms with Gasteiger partial charge in [0.2, 0.25) is 0 Å². The summed E-state index contributed by atoms with van der Waals surface area (Å²) in [6.07, 6.45) is 5.67. The molecule has 1 heterocycles. The van der Waals surface area contributed by atoms with Crippen LogP contribution in [0.5, 0.6) is 0 Å². The fraction of sp³-hybridized carbons (Fsp3) is 0.407. The molecule has 0 saturated heterocycles. The van der Waals surface area contributed by atoms with E-state index >= 15 is 0 Å².